The fourth-order valence-electron chi connectivity index (χ4n) is 4.36. The highest BCUT2D eigenvalue weighted by Gasteiger charge is 2.29. The molecule has 0 saturated heterocycles. The van der Waals surface area contributed by atoms with Crippen LogP contribution in [0.1, 0.15) is 71.9 Å². The maximum Gasteiger partial charge on any atom is 0.408 e. The van der Waals surface area contributed by atoms with E-state index in [0.717, 1.165) is 11.1 Å². The number of carbonyl (C=O) groups is 5. The fraction of sp³-hybridized carbons (Fsp3) is 0.500. The van der Waals surface area contributed by atoms with E-state index in [9.17, 15) is 29.1 Å². The van der Waals surface area contributed by atoms with E-state index < -0.39 is 59.3 Å². The lowest BCUT2D eigenvalue weighted by molar-refractivity contribution is -0.142. The van der Waals surface area contributed by atoms with Gasteiger partial charge in [0, 0.05) is 19.4 Å². The van der Waals surface area contributed by atoms with E-state index in [1.54, 1.807) is 65.8 Å². The van der Waals surface area contributed by atoms with Crippen molar-refractivity contribution in [3.05, 3.63) is 71.8 Å². The molecule has 0 heterocycles. The van der Waals surface area contributed by atoms with Crippen LogP contribution in [-0.4, -0.2) is 70.9 Å². The van der Waals surface area contributed by atoms with E-state index in [1.165, 1.54) is 0 Å². The Bertz CT molecular complexity index is 1290. The highest BCUT2D eigenvalue weighted by Crippen LogP contribution is 2.11. The minimum Gasteiger partial charge on any atom is -0.480 e. The third-order valence-corrected chi connectivity index (χ3v) is 6.41. The van der Waals surface area contributed by atoms with Gasteiger partial charge in [0.2, 0.25) is 11.8 Å². The first-order valence-corrected chi connectivity index (χ1v) is 15.4. The van der Waals surface area contributed by atoms with Crippen LogP contribution in [-0.2, 0) is 36.7 Å². The predicted octanol–water partition coefficient (Wildman–Crippen LogP) is 4.11. The van der Waals surface area contributed by atoms with Gasteiger partial charge in [0.05, 0.1) is 0 Å². The van der Waals surface area contributed by atoms with Crippen molar-refractivity contribution in [3.8, 4) is 0 Å². The number of hydrogen-bond acceptors (Lipinski definition) is 7. The second-order valence-electron chi connectivity index (χ2n) is 13.0. The van der Waals surface area contributed by atoms with Gasteiger partial charge >= 0.3 is 18.2 Å². The minimum atomic E-state index is -1.22. The van der Waals surface area contributed by atoms with Crippen LogP contribution in [0.3, 0.4) is 0 Å². The lowest BCUT2D eigenvalue weighted by atomic mass is 10.0. The number of carbonyl (C=O) groups excluding carboxylic acids is 4. The number of carboxylic acid groups (broad SMARTS) is 1. The molecular formula is C34H48N4O8. The van der Waals surface area contributed by atoms with Gasteiger partial charge in [-0.05, 0) is 71.9 Å². The Morgan fingerprint density at radius 1 is 0.630 bits per heavy atom. The molecule has 0 spiro atoms. The van der Waals surface area contributed by atoms with Gasteiger partial charge in [-0.25, -0.2) is 14.4 Å². The first-order chi connectivity index (χ1) is 21.5. The largest absolute Gasteiger partial charge is 0.480 e. The van der Waals surface area contributed by atoms with Gasteiger partial charge in [0.25, 0.3) is 0 Å². The van der Waals surface area contributed by atoms with E-state index in [0.29, 0.717) is 12.8 Å². The Morgan fingerprint density at radius 2 is 1.07 bits per heavy atom. The standard InChI is InChI=1S/C34H48N4O8/c1-33(2,3)45-31(43)37-26(21-23-15-9-7-10-16-23)28(39)35-20-14-13-19-25(30(41)42)36-29(40)27(22-24-17-11-8-12-18-24)38-32(44)46-34(4,5)6/h7-12,15-18,25-27H,13-14,19-22H2,1-6H3,(H,35,39)(H,36,40)(H,37,43)(H,38,44)(H,41,42)/t25?,26-,27-/m0/s1. The van der Waals surface area contributed by atoms with Crippen LogP contribution < -0.4 is 21.3 Å². The molecule has 0 aliphatic carbocycles. The summed E-state index contributed by atoms with van der Waals surface area (Å²) in [4.78, 5) is 63.1. The summed E-state index contributed by atoms with van der Waals surface area (Å²) < 4.78 is 10.6. The van der Waals surface area contributed by atoms with E-state index in [2.05, 4.69) is 21.3 Å². The van der Waals surface area contributed by atoms with Crippen molar-refractivity contribution in [1.82, 2.24) is 21.3 Å². The average Bonchev–Trinajstić information content (AvgIpc) is 2.94. The summed E-state index contributed by atoms with van der Waals surface area (Å²) in [7, 11) is 0. The molecule has 0 fully saturated rings. The molecule has 12 heteroatoms. The predicted molar refractivity (Wildman–Crippen MR) is 173 cm³/mol. The second-order valence-corrected chi connectivity index (χ2v) is 13.0. The third kappa shape index (κ3) is 15.4. The quantitative estimate of drug-likeness (QED) is 0.181. The summed E-state index contributed by atoms with van der Waals surface area (Å²) in [5.41, 5.74) is 0.101. The zero-order valence-electron chi connectivity index (χ0n) is 27.6. The number of amides is 4. The number of unbranched alkanes of at least 4 members (excludes halogenated alkanes) is 1. The molecule has 12 nitrogen and oxygen atoms in total. The maximum atomic E-state index is 13.2. The minimum absolute atomic E-state index is 0.0883. The Hall–Kier alpha value is -4.61. The number of ether oxygens (including phenoxy) is 2. The number of rotatable bonds is 15. The molecule has 0 aliphatic heterocycles. The fourth-order valence-corrected chi connectivity index (χ4v) is 4.36. The van der Waals surface area contributed by atoms with Crippen molar-refractivity contribution in [3.63, 3.8) is 0 Å². The molecular weight excluding hydrogens is 592 g/mol. The second kappa shape index (κ2) is 17.8. The van der Waals surface area contributed by atoms with Crippen LogP contribution in [0.2, 0.25) is 0 Å². The zero-order valence-corrected chi connectivity index (χ0v) is 27.6. The first kappa shape index (κ1) is 37.6. The molecule has 2 aromatic rings. The topological polar surface area (TPSA) is 172 Å². The highest BCUT2D eigenvalue weighted by molar-refractivity contribution is 5.89. The first-order valence-electron chi connectivity index (χ1n) is 15.4. The Labute approximate surface area is 271 Å². The van der Waals surface area contributed by atoms with Gasteiger partial charge in [-0.15, -0.1) is 0 Å². The summed E-state index contributed by atoms with van der Waals surface area (Å²) in [6.07, 6.45) is -0.256. The van der Waals surface area contributed by atoms with Gasteiger partial charge < -0.3 is 35.8 Å². The van der Waals surface area contributed by atoms with Crippen LogP contribution in [0.4, 0.5) is 9.59 Å². The Balaban J connectivity index is 1.96. The smallest absolute Gasteiger partial charge is 0.408 e. The van der Waals surface area contributed by atoms with Crippen molar-refractivity contribution >= 4 is 30.0 Å². The zero-order chi connectivity index (χ0) is 34.3. The molecule has 2 aromatic carbocycles. The summed E-state index contributed by atoms with van der Waals surface area (Å²) in [6.45, 7) is 10.5. The van der Waals surface area contributed by atoms with E-state index in [4.69, 9.17) is 9.47 Å². The lowest BCUT2D eigenvalue weighted by Crippen LogP contribution is -2.53. The molecule has 0 aromatic heterocycles. The normalized spacial score (nSPS) is 13.3. The molecule has 0 radical (unpaired) electrons. The summed E-state index contributed by atoms with van der Waals surface area (Å²) in [5.74, 6) is -2.29. The van der Waals surface area contributed by atoms with Crippen molar-refractivity contribution in [1.29, 1.82) is 0 Å². The van der Waals surface area contributed by atoms with Crippen molar-refractivity contribution in [2.24, 2.45) is 0 Å². The van der Waals surface area contributed by atoms with E-state index in [-0.39, 0.29) is 25.8 Å². The van der Waals surface area contributed by atoms with Gasteiger partial charge in [-0.1, -0.05) is 60.7 Å². The SMILES string of the molecule is CC(C)(C)OC(=O)N[C@@H](Cc1ccccc1)C(=O)NCCCCC(NC(=O)[C@H](Cc1ccccc1)NC(=O)OC(C)(C)C)C(=O)O. The molecule has 2 rings (SSSR count). The molecule has 252 valence electrons. The van der Waals surface area contributed by atoms with Crippen molar-refractivity contribution in [2.75, 3.05) is 6.54 Å². The number of alkyl carbamates (subject to hydrolysis) is 2. The number of benzene rings is 2. The summed E-state index contributed by atoms with van der Waals surface area (Å²) >= 11 is 0. The summed E-state index contributed by atoms with van der Waals surface area (Å²) in [5, 5.41) is 20.3. The van der Waals surface area contributed by atoms with Crippen molar-refractivity contribution in [2.45, 2.75) is 103 Å². The molecule has 1 unspecified atom stereocenters. The molecule has 3 atom stereocenters. The van der Waals surface area contributed by atoms with E-state index in [1.807, 2.05) is 36.4 Å². The van der Waals surface area contributed by atoms with Crippen LogP contribution in [0.25, 0.3) is 0 Å². The lowest BCUT2D eigenvalue weighted by Gasteiger charge is -2.24. The maximum absolute atomic E-state index is 13.2. The molecule has 0 saturated carbocycles. The van der Waals surface area contributed by atoms with E-state index >= 15 is 0 Å². The number of carboxylic acids is 1. The molecule has 5 N–H and O–H groups in total. The highest BCUT2D eigenvalue weighted by atomic mass is 16.6. The number of nitrogens with one attached hydrogen (secondary N) is 4. The monoisotopic (exact) mass is 640 g/mol. The van der Waals surface area contributed by atoms with Crippen LogP contribution in [0.15, 0.2) is 60.7 Å². The molecule has 46 heavy (non-hydrogen) atoms. The van der Waals surface area contributed by atoms with Gasteiger partial charge in [-0.3, -0.25) is 9.59 Å². The molecule has 0 aliphatic rings. The van der Waals surface area contributed by atoms with Gasteiger partial charge in [-0.2, -0.15) is 0 Å². The summed E-state index contributed by atoms with van der Waals surface area (Å²) in [6, 6.07) is 15.1. The van der Waals surface area contributed by atoms with Gasteiger partial charge in [0.1, 0.15) is 29.3 Å². The number of aliphatic carboxylic acids is 1. The molecule has 0 bridgehead atoms. The van der Waals surface area contributed by atoms with Gasteiger partial charge in [0.15, 0.2) is 0 Å². The number of hydrogen-bond donors (Lipinski definition) is 5. The average molecular weight is 641 g/mol. The third-order valence-electron chi connectivity index (χ3n) is 6.41. The Kier molecular flexibility index (Phi) is 14.5. The Morgan fingerprint density at radius 3 is 1.48 bits per heavy atom. The van der Waals surface area contributed by atoms with Crippen LogP contribution in [0, 0.1) is 0 Å². The van der Waals surface area contributed by atoms with Crippen molar-refractivity contribution < 1.29 is 38.6 Å². The van der Waals surface area contributed by atoms with Crippen LogP contribution in [0.5, 0.6) is 0 Å². The van der Waals surface area contributed by atoms with Crippen LogP contribution >= 0.6 is 0 Å². The molecule has 4 amide bonds.